The number of halogens is 1. The lowest BCUT2D eigenvalue weighted by Gasteiger charge is -2.09. The van der Waals surface area contributed by atoms with Crippen molar-refractivity contribution in [1.29, 1.82) is 0 Å². The van der Waals surface area contributed by atoms with Crippen LogP contribution in [-0.4, -0.2) is 32.1 Å². The van der Waals surface area contributed by atoms with Gasteiger partial charge in [-0.2, -0.15) is 0 Å². The number of nitrogens with one attached hydrogen (secondary N) is 1. The van der Waals surface area contributed by atoms with Crippen LogP contribution >= 0.6 is 11.6 Å². The Balaban J connectivity index is 1.80. The zero-order valence-electron chi connectivity index (χ0n) is 8.15. The molecule has 2 unspecified atom stereocenters. The van der Waals surface area contributed by atoms with Crippen LogP contribution in [0.1, 0.15) is 19.3 Å². The van der Waals surface area contributed by atoms with Crippen LogP contribution in [0, 0.1) is 5.92 Å². The van der Waals surface area contributed by atoms with Gasteiger partial charge in [-0.05, 0) is 35.6 Å². The van der Waals surface area contributed by atoms with Crippen LogP contribution < -0.4 is 5.32 Å². The van der Waals surface area contributed by atoms with E-state index in [0.29, 0.717) is 11.3 Å². The van der Waals surface area contributed by atoms with Gasteiger partial charge in [0.15, 0.2) is 0 Å². The average molecular weight is 216 g/mol. The number of anilines is 1. The van der Waals surface area contributed by atoms with Gasteiger partial charge in [-0.25, -0.2) is 4.68 Å². The van der Waals surface area contributed by atoms with Crippen molar-refractivity contribution >= 4 is 17.5 Å². The Morgan fingerprint density at radius 3 is 3.00 bits per heavy atom. The zero-order valence-corrected chi connectivity index (χ0v) is 8.91. The van der Waals surface area contributed by atoms with E-state index < -0.39 is 0 Å². The van der Waals surface area contributed by atoms with E-state index >= 15 is 0 Å². The summed E-state index contributed by atoms with van der Waals surface area (Å²) in [5.41, 5.74) is 0. The second kappa shape index (κ2) is 4.13. The predicted molar refractivity (Wildman–Crippen MR) is 54.3 cm³/mol. The number of hydrogen-bond donors (Lipinski definition) is 1. The van der Waals surface area contributed by atoms with E-state index in [2.05, 4.69) is 20.8 Å². The van der Waals surface area contributed by atoms with Crippen molar-refractivity contribution in [3.8, 4) is 0 Å². The lowest BCUT2D eigenvalue weighted by Crippen LogP contribution is -2.14. The summed E-state index contributed by atoms with van der Waals surface area (Å²) in [6, 6.07) is 0. The molecule has 1 aromatic heterocycles. The monoisotopic (exact) mass is 215 g/mol. The summed E-state index contributed by atoms with van der Waals surface area (Å²) in [7, 11) is 1.82. The third-order valence-corrected chi connectivity index (χ3v) is 3.04. The van der Waals surface area contributed by atoms with Crippen molar-refractivity contribution in [2.24, 2.45) is 13.0 Å². The van der Waals surface area contributed by atoms with Crippen molar-refractivity contribution in [3.05, 3.63) is 0 Å². The SMILES string of the molecule is Cn1nnnc1NCC1CCC(Cl)C1. The van der Waals surface area contributed by atoms with Gasteiger partial charge in [0.05, 0.1) is 0 Å². The molecule has 0 radical (unpaired) electrons. The molecule has 0 aliphatic heterocycles. The first-order chi connectivity index (χ1) is 6.75. The molecule has 1 fully saturated rings. The van der Waals surface area contributed by atoms with Gasteiger partial charge in [0, 0.05) is 19.0 Å². The highest BCUT2D eigenvalue weighted by Crippen LogP contribution is 2.29. The topological polar surface area (TPSA) is 55.6 Å². The second-order valence-electron chi connectivity index (χ2n) is 3.78. The van der Waals surface area contributed by atoms with Crippen molar-refractivity contribution in [1.82, 2.24) is 20.2 Å². The maximum absolute atomic E-state index is 6.03. The van der Waals surface area contributed by atoms with Gasteiger partial charge in [-0.3, -0.25) is 0 Å². The van der Waals surface area contributed by atoms with E-state index in [1.54, 1.807) is 4.68 Å². The molecule has 0 bridgehead atoms. The summed E-state index contributed by atoms with van der Waals surface area (Å²) >= 11 is 6.03. The van der Waals surface area contributed by atoms with Gasteiger partial charge < -0.3 is 5.32 Å². The number of aryl methyl sites for hydroxylation is 1. The predicted octanol–water partition coefficient (Wildman–Crippen LogP) is 1.03. The van der Waals surface area contributed by atoms with Crippen molar-refractivity contribution in [2.75, 3.05) is 11.9 Å². The first-order valence-corrected chi connectivity index (χ1v) is 5.29. The van der Waals surface area contributed by atoms with Gasteiger partial charge in [0.2, 0.25) is 5.95 Å². The lowest BCUT2D eigenvalue weighted by atomic mass is 10.1. The van der Waals surface area contributed by atoms with Gasteiger partial charge in [0.25, 0.3) is 0 Å². The summed E-state index contributed by atoms with van der Waals surface area (Å²) in [5, 5.41) is 14.7. The van der Waals surface area contributed by atoms with E-state index in [4.69, 9.17) is 11.6 Å². The molecule has 14 heavy (non-hydrogen) atoms. The molecular formula is C8H14ClN5. The smallest absolute Gasteiger partial charge is 0.242 e. The molecule has 1 heterocycles. The molecule has 0 spiro atoms. The summed E-state index contributed by atoms with van der Waals surface area (Å²) in [5.74, 6) is 1.39. The Morgan fingerprint density at radius 1 is 1.57 bits per heavy atom. The van der Waals surface area contributed by atoms with Crippen LogP contribution in [0.4, 0.5) is 5.95 Å². The Hall–Kier alpha value is -0.840. The van der Waals surface area contributed by atoms with E-state index in [0.717, 1.165) is 25.3 Å². The summed E-state index contributed by atoms with van der Waals surface area (Å²) in [6.07, 6.45) is 3.43. The van der Waals surface area contributed by atoms with Crippen LogP contribution in [0.15, 0.2) is 0 Å². The number of tetrazole rings is 1. The molecule has 78 valence electrons. The fourth-order valence-corrected chi connectivity index (χ4v) is 2.19. The van der Waals surface area contributed by atoms with Crippen LogP contribution in [-0.2, 0) is 7.05 Å². The Kier molecular flexibility index (Phi) is 2.86. The van der Waals surface area contributed by atoms with E-state index in [1.807, 2.05) is 7.05 Å². The van der Waals surface area contributed by atoms with E-state index in [9.17, 15) is 0 Å². The van der Waals surface area contributed by atoms with Crippen molar-refractivity contribution < 1.29 is 0 Å². The average Bonchev–Trinajstić information content (AvgIpc) is 2.72. The van der Waals surface area contributed by atoms with Crippen LogP contribution in [0.5, 0.6) is 0 Å². The van der Waals surface area contributed by atoms with Gasteiger partial charge in [0.1, 0.15) is 0 Å². The molecule has 1 aromatic rings. The molecule has 1 N–H and O–H groups in total. The van der Waals surface area contributed by atoms with Gasteiger partial charge in [-0.15, -0.1) is 11.6 Å². The first kappa shape index (κ1) is 9.71. The maximum atomic E-state index is 6.03. The highest BCUT2D eigenvalue weighted by molar-refractivity contribution is 6.20. The number of alkyl halides is 1. The van der Waals surface area contributed by atoms with Gasteiger partial charge in [-0.1, -0.05) is 5.10 Å². The third-order valence-electron chi connectivity index (χ3n) is 2.65. The molecule has 1 aliphatic rings. The Morgan fingerprint density at radius 2 is 2.43 bits per heavy atom. The minimum absolute atomic E-state index is 0.361. The van der Waals surface area contributed by atoms with Gasteiger partial charge >= 0.3 is 0 Å². The standard InChI is InChI=1S/C8H14ClN5/c1-14-8(11-12-13-14)10-5-6-2-3-7(9)4-6/h6-7H,2-5H2,1H3,(H,10,11,13). The van der Waals surface area contributed by atoms with Crippen molar-refractivity contribution in [2.45, 2.75) is 24.6 Å². The molecule has 2 rings (SSSR count). The minimum Gasteiger partial charge on any atom is -0.353 e. The van der Waals surface area contributed by atoms with Crippen molar-refractivity contribution in [3.63, 3.8) is 0 Å². The molecular weight excluding hydrogens is 202 g/mol. The molecule has 1 aliphatic carbocycles. The van der Waals surface area contributed by atoms with Crippen LogP contribution in [0.2, 0.25) is 0 Å². The van der Waals surface area contributed by atoms with E-state index in [-0.39, 0.29) is 0 Å². The number of aromatic nitrogens is 4. The highest BCUT2D eigenvalue weighted by Gasteiger charge is 2.22. The normalized spacial score (nSPS) is 26.7. The second-order valence-corrected chi connectivity index (χ2v) is 4.40. The number of rotatable bonds is 3. The van der Waals surface area contributed by atoms with Crippen LogP contribution in [0.25, 0.3) is 0 Å². The quantitative estimate of drug-likeness (QED) is 0.766. The number of hydrogen-bond acceptors (Lipinski definition) is 4. The third kappa shape index (κ3) is 2.15. The molecule has 0 saturated heterocycles. The highest BCUT2D eigenvalue weighted by atomic mass is 35.5. The molecule has 2 atom stereocenters. The molecule has 0 amide bonds. The Bertz CT molecular complexity index is 300. The minimum atomic E-state index is 0.361. The zero-order chi connectivity index (χ0) is 9.97. The van der Waals surface area contributed by atoms with E-state index in [1.165, 1.54) is 6.42 Å². The van der Waals surface area contributed by atoms with Crippen LogP contribution in [0.3, 0.4) is 0 Å². The maximum Gasteiger partial charge on any atom is 0.242 e. The lowest BCUT2D eigenvalue weighted by molar-refractivity contribution is 0.575. The first-order valence-electron chi connectivity index (χ1n) is 4.86. The summed E-state index contributed by atoms with van der Waals surface area (Å²) in [6.45, 7) is 0.914. The summed E-state index contributed by atoms with van der Waals surface area (Å²) < 4.78 is 1.63. The molecule has 5 nitrogen and oxygen atoms in total. The molecule has 6 heteroatoms. The number of nitrogens with zero attached hydrogens (tertiary/aromatic N) is 4. The molecule has 0 aromatic carbocycles. The fraction of sp³-hybridized carbons (Fsp3) is 0.875. The largest absolute Gasteiger partial charge is 0.353 e. The fourth-order valence-electron chi connectivity index (χ4n) is 1.81. The summed E-state index contributed by atoms with van der Waals surface area (Å²) in [4.78, 5) is 0. The molecule has 1 saturated carbocycles. The Labute approximate surface area is 87.8 Å².